The van der Waals surface area contributed by atoms with E-state index in [1.807, 2.05) is 30.2 Å². The highest BCUT2D eigenvalue weighted by atomic mass is 32.1. The first kappa shape index (κ1) is 13.4. The van der Waals surface area contributed by atoms with Crippen molar-refractivity contribution < 1.29 is 9.21 Å². The lowest BCUT2D eigenvalue weighted by atomic mass is 10.0. The van der Waals surface area contributed by atoms with Gasteiger partial charge in [0, 0.05) is 23.2 Å². The molecule has 1 fully saturated rings. The maximum atomic E-state index is 12.7. The van der Waals surface area contributed by atoms with Crippen LogP contribution in [0.2, 0.25) is 0 Å². The first-order valence-electron chi connectivity index (χ1n) is 6.94. The van der Waals surface area contributed by atoms with Gasteiger partial charge in [0.25, 0.3) is 5.91 Å². The molecule has 5 heteroatoms. The van der Waals surface area contributed by atoms with Gasteiger partial charge in [-0.05, 0) is 39.2 Å². The van der Waals surface area contributed by atoms with E-state index in [1.54, 1.807) is 17.6 Å². The minimum absolute atomic E-state index is 0.00921. The minimum atomic E-state index is -0.00921. The van der Waals surface area contributed by atoms with E-state index in [0.29, 0.717) is 5.76 Å². The topological polar surface area (TPSA) is 46.3 Å². The second kappa shape index (κ2) is 5.40. The fourth-order valence-corrected chi connectivity index (χ4v) is 3.62. The Morgan fingerprint density at radius 2 is 2.30 bits per heavy atom. The Morgan fingerprint density at radius 1 is 1.45 bits per heavy atom. The van der Waals surface area contributed by atoms with Crippen molar-refractivity contribution in [1.29, 1.82) is 0 Å². The zero-order valence-corrected chi connectivity index (χ0v) is 12.6. The molecule has 4 nitrogen and oxygen atoms in total. The van der Waals surface area contributed by atoms with Crippen molar-refractivity contribution in [3.8, 4) is 0 Å². The van der Waals surface area contributed by atoms with E-state index in [1.165, 1.54) is 0 Å². The summed E-state index contributed by atoms with van der Waals surface area (Å²) < 4.78 is 5.36. The molecule has 0 saturated carbocycles. The molecular weight excluding hydrogens is 272 g/mol. The summed E-state index contributed by atoms with van der Waals surface area (Å²) in [5.74, 6) is 0.454. The first-order chi connectivity index (χ1) is 9.66. The van der Waals surface area contributed by atoms with Gasteiger partial charge in [-0.1, -0.05) is 0 Å². The largest absolute Gasteiger partial charge is 0.459 e. The van der Waals surface area contributed by atoms with Crippen molar-refractivity contribution in [3.05, 3.63) is 39.7 Å². The molecule has 1 aliphatic heterocycles. The third-order valence-corrected chi connectivity index (χ3v) is 4.81. The van der Waals surface area contributed by atoms with Crippen LogP contribution in [-0.4, -0.2) is 22.3 Å². The van der Waals surface area contributed by atoms with Gasteiger partial charge in [0.1, 0.15) is 5.01 Å². The van der Waals surface area contributed by atoms with Gasteiger partial charge < -0.3 is 9.32 Å². The number of hydrogen-bond donors (Lipinski definition) is 0. The predicted molar refractivity (Wildman–Crippen MR) is 77.9 cm³/mol. The Hall–Kier alpha value is -1.62. The molecule has 2 aromatic heterocycles. The summed E-state index contributed by atoms with van der Waals surface area (Å²) in [6, 6.07) is 1.93. The van der Waals surface area contributed by atoms with Gasteiger partial charge in [-0.2, -0.15) is 0 Å². The van der Waals surface area contributed by atoms with E-state index in [9.17, 15) is 4.79 Å². The highest BCUT2D eigenvalue weighted by Gasteiger charge is 2.32. The summed E-state index contributed by atoms with van der Waals surface area (Å²) >= 11 is 1.64. The van der Waals surface area contributed by atoms with Crippen LogP contribution >= 0.6 is 11.3 Å². The van der Waals surface area contributed by atoms with E-state index in [0.717, 1.165) is 42.1 Å². The van der Waals surface area contributed by atoms with Crippen LogP contribution in [-0.2, 0) is 0 Å². The summed E-state index contributed by atoms with van der Waals surface area (Å²) in [5, 5.41) is 3.09. The average molecular weight is 290 g/mol. The minimum Gasteiger partial charge on any atom is -0.459 e. The lowest BCUT2D eigenvalue weighted by Gasteiger charge is -2.34. The van der Waals surface area contributed by atoms with Crippen LogP contribution in [0.3, 0.4) is 0 Å². The van der Waals surface area contributed by atoms with E-state index < -0.39 is 0 Å². The van der Waals surface area contributed by atoms with E-state index in [4.69, 9.17) is 4.42 Å². The van der Waals surface area contributed by atoms with Crippen LogP contribution in [0, 0.1) is 13.8 Å². The number of nitrogens with zero attached hydrogens (tertiary/aromatic N) is 2. The smallest absolute Gasteiger partial charge is 0.290 e. The normalized spacial score (nSPS) is 19.3. The summed E-state index contributed by atoms with van der Waals surface area (Å²) in [6.07, 6.45) is 4.75. The molecule has 0 aromatic carbocycles. The molecule has 0 unspecified atom stereocenters. The van der Waals surface area contributed by atoms with Crippen LogP contribution in [0.15, 0.2) is 22.1 Å². The number of hydrogen-bond acceptors (Lipinski definition) is 4. The van der Waals surface area contributed by atoms with E-state index in [-0.39, 0.29) is 11.9 Å². The molecule has 0 spiro atoms. The molecule has 0 N–H and O–H groups in total. The monoisotopic (exact) mass is 290 g/mol. The third kappa shape index (κ3) is 2.38. The SMILES string of the molecule is Cc1csc([C@@H]2CCCCN2C(=O)c2occc2C)n1. The van der Waals surface area contributed by atoms with Crippen molar-refractivity contribution in [2.75, 3.05) is 6.54 Å². The van der Waals surface area contributed by atoms with Gasteiger partial charge in [-0.25, -0.2) is 4.98 Å². The fraction of sp³-hybridized carbons (Fsp3) is 0.467. The quantitative estimate of drug-likeness (QED) is 0.846. The second-order valence-corrected chi connectivity index (χ2v) is 6.16. The summed E-state index contributed by atoms with van der Waals surface area (Å²) in [5.41, 5.74) is 1.92. The zero-order chi connectivity index (χ0) is 14.1. The summed E-state index contributed by atoms with van der Waals surface area (Å²) in [4.78, 5) is 19.2. The van der Waals surface area contributed by atoms with Gasteiger partial charge in [0.05, 0.1) is 12.3 Å². The number of aryl methyl sites for hydroxylation is 2. The highest BCUT2D eigenvalue weighted by Crippen LogP contribution is 2.34. The summed E-state index contributed by atoms with van der Waals surface area (Å²) in [6.45, 7) is 4.68. The molecule has 1 amide bonds. The molecule has 106 valence electrons. The number of aromatic nitrogens is 1. The molecule has 1 saturated heterocycles. The number of rotatable bonds is 2. The van der Waals surface area contributed by atoms with Crippen molar-refractivity contribution in [2.24, 2.45) is 0 Å². The molecular formula is C15H18N2O2S. The van der Waals surface area contributed by atoms with Crippen molar-refractivity contribution in [3.63, 3.8) is 0 Å². The van der Waals surface area contributed by atoms with Crippen LogP contribution in [0.5, 0.6) is 0 Å². The molecule has 0 bridgehead atoms. The Balaban J connectivity index is 1.89. The number of carbonyl (C=O) groups excluding carboxylic acids is 1. The van der Waals surface area contributed by atoms with Crippen molar-refractivity contribution in [2.45, 2.75) is 39.2 Å². The molecule has 3 heterocycles. The lowest BCUT2D eigenvalue weighted by Crippen LogP contribution is -2.38. The van der Waals surface area contributed by atoms with Crippen molar-refractivity contribution in [1.82, 2.24) is 9.88 Å². The van der Waals surface area contributed by atoms with Gasteiger partial charge in [-0.15, -0.1) is 11.3 Å². The second-order valence-electron chi connectivity index (χ2n) is 5.27. The average Bonchev–Trinajstić information content (AvgIpc) is 3.07. The number of furan rings is 1. The fourth-order valence-electron chi connectivity index (χ4n) is 2.68. The van der Waals surface area contributed by atoms with Crippen molar-refractivity contribution >= 4 is 17.2 Å². The summed E-state index contributed by atoms with van der Waals surface area (Å²) in [7, 11) is 0. The third-order valence-electron chi connectivity index (χ3n) is 3.74. The van der Waals surface area contributed by atoms with Crippen LogP contribution < -0.4 is 0 Å². The molecule has 0 aliphatic carbocycles. The molecule has 0 radical (unpaired) electrons. The van der Waals surface area contributed by atoms with E-state index in [2.05, 4.69) is 4.98 Å². The highest BCUT2D eigenvalue weighted by molar-refractivity contribution is 7.09. The van der Waals surface area contributed by atoms with Gasteiger partial charge in [0.2, 0.25) is 0 Å². The number of piperidine rings is 1. The predicted octanol–water partition coefficient (Wildman–Crippen LogP) is 3.72. The molecule has 3 rings (SSSR count). The molecule has 1 aliphatic rings. The maximum Gasteiger partial charge on any atom is 0.290 e. The molecule has 20 heavy (non-hydrogen) atoms. The first-order valence-corrected chi connectivity index (χ1v) is 7.82. The number of carbonyl (C=O) groups is 1. The Bertz CT molecular complexity index is 617. The number of thiazole rings is 1. The molecule has 2 aromatic rings. The number of likely N-dealkylation sites (tertiary alicyclic amines) is 1. The maximum absolute atomic E-state index is 12.7. The Labute approximate surface area is 122 Å². The standard InChI is InChI=1S/C15H18N2O2S/c1-10-6-8-19-13(10)15(18)17-7-4-3-5-12(17)14-16-11(2)9-20-14/h6,8-9,12H,3-5,7H2,1-2H3/t12-/m0/s1. The number of amides is 1. The van der Waals surface area contributed by atoms with Crippen LogP contribution in [0.1, 0.15) is 52.1 Å². The van der Waals surface area contributed by atoms with E-state index >= 15 is 0 Å². The Kier molecular flexibility index (Phi) is 3.61. The van der Waals surface area contributed by atoms with Gasteiger partial charge >= 0.3 is 0 Å². The Morgan fingerprint density at radius 3 is 2.95 bits per heavy atom. The van der Waals surface area contributed by atoms with Gasteiger partial charge in [-0.3, -0.25) is 4.79 Å². The lowest BCUT2D eigenvalue weighted by molar-refractivity contribution is 0.0577. The zero-order valence-electron chi connectivity index (χ0n) is 11.8. The molecule has 1 atom stereocenters. The van der Waals surface area contributed by atoms with Crippen LogP contribution in [0.4, 0.5) is 0 Å². The van der Waals surface area contributed by atoms with Crippen LogP contribution in [0.25, 0.3) is 0 Å². The van der Waals surface area contributed by atoms with Gasteiger partial charge in [0.15, 0.2) is 5.76 Å².